The zero-order valence-corrected chi connectivity index (χ0v) is 11.1. The molecule has 0 saturated heterocycles. The van der Waals surface area contributed by atoms with Crippen LogP contribution in [0.15, 0.2) is 18.2 Å². The Bertz CT molecular complexity index is 479. The van der Waals surface area contributed by atoms with Crippen molar-refractivity contribution >= 4 is 12.0 Å². The SMILES string of the molecule is COCc1cc(CNC(=O)NCCC(=O)O)ccc1F. The summed E-state index contributed by atoms with van der Waals surface area (Å²) in [5.41, 5.74) is 1.14. The highest BCUT2D eigenvalue weighted by Crippen LogP contribution is 2.11. The molecule has 0 unspecified atom stereocenters. The first-order chi connectivity index (χ1) is 9.52. The lowest BCUT2D eigenvalue weighted by atomic mass is 10.1. The van der Waals surface area contributed by atoms with E-state index in [1.54, 1.807) is 12.1 Å². The Hall–Kier alpha value is -2.15. The van der Waals surface area contributed by atoms with Gasteiger partial charge in [-0.15, -0.1) is 0 Å². The molecule has 20 heavy (non-hydrogen) atoms. The van der Waals surface area contributed by atoms with Gasteiger partial charge in [-0.25, -0.2) is 9.18 Å². The second-order valence-electron chi connectivity index (χ2n) is 4.11. The van der Waals surface area contributed by atoms with E-state index in [4.69, 9.17) is 9.84 Å². The average molecular weight is 284 g/mol. The maximum Gasteiger partial charge on any atom is 0.315 e. The van der Waals surface area contributed by atoms with E-state index in [0.717, 1.165) is 5.56 Å². The molecule has 0 aliphatic heterocycles. The number of carbonyl (C=O) groups excluding carboxylic acids is 1. The van der Waals surface area contributed by atoms with Crippen LogP contribution in [-0.2, 0) is 22.7 Å². The number of aliphatic carboxylic acids is 1. The van der Waals surface area contributed by atoms with Gasteiger partial charge in [-0.3, -0.25) is 4.79 Å². The maximum atomic E-state index is 13.4. The lowest BCUT2D eigenvalue weighted by molar-refractivity contribution is -0.136. The Labute approximate surface area is 115 Å². The van der Waals surface area contributed by atoms with Crippen LogP contribution in [0.3, 0.4) is 0 Å². The Balaban J connectivity index is 2.43. The van der Waals surface area contributed by atoms with Crippen LogP contribution >= 0.6 is 0 Å². The zero-order valence-electron chi connectivity index (χ0n) is 11.1. The summed E-state index contributed by atoms with van der Waals surface area (Å²) in [6.07, 6.45) is -0.137. The number of nitrogens with one attached hydrogen (secondary N) is 2. The lowest BCUT2D eigenvalue weighted by Crippen LogP contribution is -2.36. The lowest BCUT2D eigenvalue weighted by Gasteiger charge is -2.09. The first-order valence-electron chi connectivity index (χ1n) is 6.02. The van der Waals surface area contributed by atoms with Gasteiger partial charge in [0.2, 0.25) is 0 Å². The Kier molecular flexibility index (Phi) is 6.45. The summed E-state index contributed by atoms with van der Waals surface area (Å²) in [6.45, 7) is 0.430. The van der Waals surface area contributed by atoms with E-state index < -0.39 is 12.0 Å². The van der Waals surface area contributed by atoms with Crippen LogP contribution in [0.1, 0.15) is 17.5 Å². The van der Waals surface area contributed by atoms with Crippen LogP contribution in [0.2, 0.25) is 0 Å². The van der Waals surface area contributed by atoms with Crippen LogP contribution in [0.5, 0.6) is 0 Å². The second kappa shape index (κ2) is 8.11. The fourth-order valence-corrected chi connectivity index (χ4v) is 1.53. The Morgan fingerprint density at radius 2 is 2.10 bits per heavy atom. The van der Waals surface area contributed by atoms with Crippen LogP contribution in [0.25, 0.3) is 0 Å². The minimum absolute atomic E-state index is 0.0551. The van der Waals surface area contributed by atoms with Crippen molar-refractivity contribution in [3.63, 3.8) is 0 Å². The third-order valence-corrected chi connectivity index (χ3v) is 2.49. The van der Waals surface area contributed by atoms with Crippen LogP contribution < -0.4 is 10.6 Å². The molecule has 1 rings (SSSR count). The number of hydrogen-bond acceptors (Lipinski definition) is 3. The number of urea groups is 1. The highest BCUT2D eigenvalue weighted by Gasteiger charge is 2.05. The minimum atomic E-state index is -0.979. The summed E-state index contributed by atoms with van der Waals surface area (Å²) in [4.78, 5) is 21.6. The van der Waals surface area contributed by atoms with E-state index in [1.165, 1.54) is 13.2 Å². The highest BCUT2D eigenvalue weighted by molar-refractivity contribution is 5.74. The Morgan fingerprint density at radius 1 is 1.35 bits per heavy atom. The fourth-order valence-electron chi connectivity index (χ4n) is 1.53. The Morgan fingerprint density at radius 3 is 2.75 bits per heavy atom. The van der Waals surface area contributed by atoms with Crippen molar-refractivity contribution < 1.29 is 23.8 Å². The van der Waals surface area contributed by atoms with E-state index in [2.05, 4.69) is 10.6 Å². The quantitative estimate of drug-likeness (QED) is 0.703. The van der Waals surface area contributed by atoms with Crippen LogP contribution in [0.4, 0.5) is 9.18 Å². The highest BCUT2D eigenvalue weighted by atomic mass is 19.1. The summed E-state index contributed by atoms with van der Waals surface area (Å²) < 4.78 is 18.2. The van der Waals surface area contributed by atoms with Crippen molar-refractivity contribution in [2.45, 2.75) is 19.6 Å². The number of methoxy groups -OCH3 is 1. The van der Waals surface area contributed by atoms with Crippen molar-refractivity contribution in [2.75, 3.05) is 13.7 Å². The van der Waals surface area contributed by atoms with Crippen molar-refractivity contribution in [1.82, 2.24) is 10.6 Å². The van der Waals surface area contributed by atoms with E-state index in [1.807, 2.05) is 0 Å². The van der Waals surface area contributed by atoms with Gasteiger partial charge >= 0.3 is 12.0 Å². The number of benzene rings is 1. The number of carboxylic acid groups (broad SMARTS) is 1. The van der Waals surface area contributed by atoms with Gasteiger partial charge in [-0.2, -0.15) is 0 Å². The molecule has 3 N–H and O–H groups in total. The van der Waals surface area contributed by atoms with Crippen LogP contribution in [-0.4, -0.2) is 30.8 Å². The molecule has 6 nitrogen and oxygen atoms in total. The van der Waals surface area contributed by atoms with Gasteiger partial charge in [-0.1, -0.05) is 6.07 Å². The molecule has 0 spiro atoms. The van der Waals surface area contributed by atoms with Gasteiger partial charge < -0.3 is 20.5 Å². The monoisotopic (exact) mass is 284 g/mol. The molecule has 0 atom stereocenters. The molecule has 0 aliphatic rings. The third-order valence-electron chi connectivity index (χ3n) is 2.49. The van der Waals surface area contributed by atoms with Crippen LogP contribution in [0, 0.1) is 5.82 Å². The summed E-state index contributed by atoms with van der Waals surface area (Å²) in [5, 5.41) is 13.4. The number of carboxylic acids is 1. The summed E-state index contributed by atoms with van der Waals surface area (Å²) >= 11 is 0. The smallest absolute Gasteiger partial charge is 0.315 e. The van der Waals surface area contributed by atoms with Gasteiger partial charge in [0.1, 0.15) is 5.82 Å². The molecule has 0 radical (unpaired) electrons. The van der Waals surface area contributed by atoms with E-state index >= 15 is 0 Å². The molecule has 0 fully saturated rings. The molecule has 0 aliphatic carbocycles. The zero-order chi connectivity index (χ0) is 15.0. The predicted molar refractivity (Wildman–Crippen MR) is 69.6 cm³/mol. The molecule has 7 heteroatoms. The van der Waals surface area contributed by atoms with Crippen molar-refractivity contribution in [3.05, 3.63) is 35.1 Å². The van der Waals surface area contributed by atoms with Gasteiger partial charge in [0.15, 0.2) is 0 Å². The molecule has 0 bridgehead atoms. The average Bonchev–Trinajstić information content (AvgIpc) is 2.39. The molecule has 1 aromatic carbocycles. The number of rotatable bonds is 7. The van der Waals surface area contributed by atoms with Gasteiger partial charge in [0.25, 0.3) is 0 Å². The van der Waals surface area contributed by atoms with Gasteiger partial charge in [0, 0.05) is 25.8 Å². The van der Waals surface area contributed by atoms with Gasteiger partial charge in [-0.05, 0) is 17.7 Å². The number of halogens is 1. The number of hydrogen-bond donors (Lipinski definition) is 3. The molecule has 0 heterocycles. The number of amides is 2. The molecule has 0 saturated carbocycles. The normalized spacial score (nSPS) is 10.1. The second-order valence-corrected chi connectivity index (χ2v) is 4.11. The molecule has 2 amide bonds. The summed E-state index contributed by atoms with van der Waals surface area (Å²) in [7, 11) is 1.47. The third kappa shape index (κ3) is 5.66. The molecular formula is C13H17FN2O4. The maximum absolute atomic E-state index is 13.4. The fraction of sp³-hybridized carbons (Fsp3) is 0.385. The first-order valence-corrected chi connectivity index (χ1v) is 6.02. The number of carbonyl (C=O) groups is 2. The molecule has 0 aromatic heterocycles. The van der Waals surface area contributed by atoms with Gasteiger partial charge in [0.05, 0.1) is 13.0 Å². The van der Waals surface area contributed by atoms with Crippen molar-refractivity contribution in [1.29, 1.82) is 0 Å². The first kappa shape index (κ1) is 15.9. The largest absolute Gasteiger partial charge is 0.481 e. The van der Waals surface area contributed by atoms with Crippen molar-refractivity contribution in [3.8, 4) is 0 Å². The van der Waals surface area contributed by atoms with E-state index in [9.17, 15) is 14.0 Å². The molecule has 1 aromatic rings. The topological polar surface area (TPSA) is 87.7 Å². The standard InChI is InChI=1S/C13H17FN2O4/c1-20-8-10-6-9(2-3-11(10)14)7-16-13(19)15-5-4-12(17)18/h2-3,6H,4-5,7-8H2,1H3,(H,17,18)(H2,15,16,19). The van der Waals surface area contributed by atoms with E-state index in [-0.39, 0.29) is 31.9 Å². The molecule has 110 valence electrons. The van der Waals surface area contributed by atoms with Crippen molar-refractivity contribution in [2.24, 2.45) is 0 Å². The summed E-state index contributed by atoms with van der Waals surface area (Å²) in [6, 6.07) is 4.01. The predicted octanol–water partition coefficient (Wildman–Crippen LogP) is 1.25. The minimum Gasteiger partial charge on any atom is -0.481 e. The summed E-state index contributed by atoms with van der Waals surface area (Å²) in [5.74, 6) is -1.34. The van der Waals surface area contributed by atoms with E-state index in [0.29, 0.717) is 5.56 Å². The molecular weight excluding hydrogens is 267 g/mol. The number of ether oxygens (including phenoxy) is 1.